The summed E-state index contributed by atoms with van der Waals surface area (Å²) in [6, 6.07) is 16.1. The Balaban J connectivity index is 1.39. The van der Waals surface area contributed by atoms with Crippen LogP contribution in [0.5, 0.6) is 5.75 Å². The maximum absolute atomic E-state index is 12.8. The molecule has 1 aliphatic carbocycles. The molecule has 3 aromatic rings. The number of hydrogen-bond donors (Lipinski definition) is 1. The van der Waals surface area contributed by atoms with Gasteiger partial charge >= 0.3 is 0 Å². The number of ether oxygens (including phenoxy) is 1. The van der Waals surface area contributed by atoms with Gasteiger partial charge in [0.25, 0.3) is 5.91 Å². The van der Waals surface area contributed by atoms with Crippen LogP contribution in [0.4, 0.5) is 0 Å². The molecule has 0 saturated heterocycles. The van der Waals surface area contributed by atoms with Gasteiger partial charge in [0.2, 0.25) is 0 Å². The van der Waals surface area contributed by atoms with E-state index < -0.39 is 0 Å². The fourth-order valence-electron chi connectivity index (χ4n) is 3.39. The average Bonchev–Trinajstić information content (AvgIpc) is 3.42. The highest BCUT2D eigenvalue weighted by Gasteiger charge is 2.31. The van der Waals surface area contributed by atoms with Gasteiger partial charge in [0.1, 0.15) is 18.1 Å². The quantitative estimate of drug-likeness (QED) is 0.645. The second-order valence-electron chi connectivity index (χ2n) is 8.39. The molecule has 1 saturated carbocycles. The Morgan fingerprint density at radius 1 is 1.18 bits per heavy atom. The van der Waals surface area contributed by atoms with Crippen LogP contribution in [0.15, 0.2) is 48.5 Å². The summed E-state index contributed by atoms with van der Waals surface area (Å²) in [6.07, 6.45) is 2.34. The first-order chi connectivity index (χ1) is 13.4. The fourth-order valence-corrected chi connectivity index (χ4v) is 3.39. The van der Waals surface area contributed by atoms with Crippen molar-refractivity contribution in [2.45, 2.75) is 45.1 Å². The second-order valence-corrected chi connectivity index (χ2v) is 8.39. The number of carbonyl (C=O) groups excluding carboxylic acids is 1. The number of benzene rings is 2. The Morgan fingerprint density at radius 3 is 2.68 bits per heavy atom. The normalized spacial score (nSPS) is 14.2. The minimum Gasteiger partial charge on any atom is -0.491 e. The molecule has 1 aliphatic rings. The third-order valence-electron chi connectivity index (χ3n) is 4.99. The van der Waals surface area contributed by atoms with Crippen LogP contribution in [0.2, 0.25) is 0 Å². The van der Waals surface area contributed by atoms with Crippen molar-refractivity contribution in [2.24, 2.45) is 0 Å². The van der Waals surface area contributed by atoms with E-state index in [0.29, 0.717) is 24.8 Å². The smallest absolute Gasteiger partial charge is 0.269 e. The Labute approximate surface area is 165 Å². The zero-order valence-electron chi connectivity index (χ0n) is 16.7. The summed E-state index contributed by atoms with van der Waals surface area (Å²) in [5.74, 6) is 1.25. The highest BCUT2D eigenvalue weighted by atomic mass is 16.5. The number of aromatic nitrogens is 2. The highest BCUT2D eigenvalue weighted by Crippen LogP contribution is 2.40. The van der Waals surface area contributed by atoms with Crippen molar-refractivity contribution in [2.75, 3.05) is 13.2 Å². The van der Waals surface area contributed by atoms with E-state index in [2.05, 4.69) is 38.2 Å². The maximum atomic E-state index is 12.8. The molecule has 5 nitrogen and oxygen atoms in total. The Hall–Kier alpha value is -2.82. The Morgan fingerprint density at radius 2 is 1.93 bits per heavy atom. The molecule has 1 N–H and O–H groups in total. The van der Waals surface area contributed by atoms with Crippen molar-refractivity contribution >= 4 is 16.7 Å². The van der Waals surface area contributed by atoms with Crippen molar-refractivity contribution in [1.82, 2.24) is 15.1 Å². The van der Waals surface area contributed by atoms with E-state index >= 15 is 0 Å². The van der Waals surface area contributed by atoms with E-state index in [0.717, 1.165) is 22.2 Å². The Kier molecular flexibility index (Phi) is 4.84. The van der Waals surface area contributed by atoms with Gasteiger partial charge in [0.15, 0.2) is 0 Å². The summed E-state index contributed by atoms with van der Waals surface area (Å²) >= 11 is 0. The molecule has 0 aliphatic heterocycles. The van der Waals surface area contributed by atoms with Crippen LogP contribution in [0.1, 0.15) is 55.7 Å². The third kappa shape index (κ3) is 3.88. The average molecular weight is 377 g/mol. The van der Waals surface area contributed by atoms with Crippen LogP contribution >= 0.6 is 0 Å². The first kappa shape index (κ1) is 18.5. The second kappa shape index (κ2) is 7.30. The summed E-state index contributed by atoms with van der Waals surface area (Å²) in [6.45, 7) is 7.06. The molecular weight excluding hydrogens is 350 g/mol. The van der Waals surface area contributed by atoms with Gasteiger partial charge in [0, 0.05) is 11.3 Å². The predicted molar refractivity (Wildman–Crippen MR) is 111 cm³/mol. The third-order valence-corrected chi connectivity index (χ3v) is 4.99. The predicted octanol–water partition coefficient (Wildman–Crippen LogP) is 4.48. The molecule has 1 aromatic heterocycles. The molecule has 0 bridgehead atoms. The largest absolute Gasteiger partial charge is 0.491 e. The van der Waals surface area contributed by atoms with Gasteiger partial charge in [-0.05, 0) is 51.1 Å². The van der Waals surface area contributed by atoms with Gasteiger partial charge < -0.3 is 10.1 Å². The summed E-state index contributed by atoms with van der Waals surface area (Å²) in [4.78, 5) is 12.8. The van der Waals surface area contributed by atoms with Crippen LogP contribution in [-0.2, 0) is 5.54 Å². The molecule has 146 valence electrons. The van der Waals surface area contributed by atoms with E-state index in [-0.39, 0.29) is 11.4 Å². The van der Waals surface area contributed by atoms with Crippen molar-refractivity contribution in [3.8, 4) is 5.75 Å². The molecule has 1 heterocycles. The molecule has 2 aromatic carbocycles. The van der Waals surface area contributed by atoms with Crippen LogP contribution in [0.25, 0.3) is 10.8 Å². The van der Waals surface area contributed by atoms with E-state index in [9.17, 15) is 4.79 Å². The van der Waals surface area contributed by atoms with Gasteiger partial charge in [-0.2, -0.15) is 5.10 Å². The molecule has 28 heavy (non-hydrogen) atoms. The topological polar surface area (TPSA) is 56.2 Å². The molecular formula is C23H27N3O2. The zero-order valence-corrected chi connectivity index (χ0v) is 16.7. The minimum atomic E-state index is -0.237. The molecule has 5 heteroatoms. The van der Waals surface area contributed by atoms with Crippen molar-refractivity contribution in [3.63, 3.8) is 0 Å². The molecule has 0 atom stereocenters. The number of rotatable bonds is 6. The summed E-state index contributed by atoms with van der Waals surface area (Å²) in [5, 5.41) is 9.90. The fraction of sp³-hybridized carbons (Fsp3) is 0.391. The Bertz CT molecular complexity index is 991. The van der Waals surface area contributed by atoms with Gasteiger partial charge in [-0.15, -0.1) is 0 Å². The standard InChI is InChI=1S/C23H27N3O2/c1-23(2,3)26-20(15-19(25-26)17-11-12-17)22(27)24-13-14-28-21-10-6-8-16-7-4-5-9-18(16)21/h4-10,15,17H,11-14H2,1-3H3,(H,24,27). The first-order valence-electron chi connectivity index (χ1n) is 9.93. The number of carbonyl (C=O) groups is 1. The summed E-state index contributed by atoms with van der Waals surface area (Å²) < 4.78 is 7.77. The molecule has 0 radical (unpaired) electrons. The van der Waals surface area contributed by atoms with Crippen LogP contribution < -0.4 is 10.1 Å². The molecule has 4 rings (SSSR count). The molecule has 1 amide bonds. The first-order valence-corrected chi connectivity index (χ1v) is 9.93. The summed E-state index contributed by atoms with van der Waals surface area (Å²) in [5.41, 5.74) is 1.42. The minimum absolute atomic E-state index is 0.101. The van der Waals surface area contributed by atoms with E-state index in [1.807, 2.05) is 41.1 Å². The van der Waals surface area contributed by atoms with Crippen LogP contribution in [0, 0.1) is 0 Å². The molecule has 0 spiro atoms. The lowest BCUT2D eigenvalue weighted by molar-refractivity contribution is 0.0928. The lowest BCUT2D eigenvalue weighted by Gasteiger charge is -2.22. The number of hydrogen-bond acceptors (Lipinski definition) is 3. The lowest BCUT2D eigenvalue weighted by atomic mass is 10.1. The lowest BCUT2D eigenvalue weighted by Crippen LogP contribution is -2.34. The number of fused-ring (bicyclic) bond motifs is 1. The van der Waals surface area contributed by atoms with Crippen molar-refractivity contribution in [3.05, 3.63) is 59.9 Å². The van der Waals surface area contributed by atoms with Gasteiger partial charge in [-0.3, -0.25) is 9.48 Å². The van der Waals surface area contributed by atoms with Crippen LogP contribution in [-0.4, -0.2) is 28.8 Å². The van der Waals surface area contributed by atoms with Crippen molar-refractivity contribution < 1.29 is 9.53 Å². The van der Waals surface area contributed by atoms with Gasteiger partial charge in [-0.25, -0.2) is 0 Å². The van der Waals surface area contributed by atoms with Gasteiger partial charge in [0.05, 0.1) is 17.8 Å². The number of amides is 1. The number of nitrogens with zero attached hydrogens (tertiary/aromatic N) is 2. The monoisotopic (exact) mass is 377 g/mol. The molecule has 0 unspecified atom stereocenters. The zero-order chi connectivity index (χ0) is 19.7. The van der Waals surface area contributed by atoms with E-state index in [1.54, 1.807) is 0 Å². The summed E-state index contributed by atoms with van der Waals surface area (Å²) in [7, 11) is 0. The molecule has 1 fully saturated rings. The highest BCUT2D eigenvalue weighted by molar-refractivity contribution is 5.93. The van der Waals surface area contributed by atoms with E-state index in [4.69, 9.17) is 9.84 Å². The number of nitrogens with one attached hydrogen (secondary N) is 1. The van der Waals surface area contributed by atoms with Gasteiger partial charge in [-0.1, -0.05) is 36.4 Å². The van der Waals surface area contributed by atoms with Crippen LogP contribution in [0.3, 0.4) is 0 Å². The van der Waals surface area contributed by atoms with E-state index in [1.165, 1.54) is 12.8 Å². The SMILES string of the molecule is CC(C)(C)n1nc(C2CC2)cc1C(=O)NCCOc1cccc2ccccc12. The maximum Gasteiger partial charge on any atom is 0.269 e. The van der Waals surface area contributed by atoms with Crippen molar-refractivity contribution in [1.29, 1.82) is 0 Å².